The molecule has 0 spiro atoms. The van der Waals surface area contributed by atoms with Crippen molar-refractivity contribution >= 4 is 29.1 Å². The molecule has 1 aliphatic heterocycles. The molecule has 29 heavy (non-hydrogen) atoms. The molecule has 1 saturated carbocycles. The lowest BCUT2D eigenvalue weighted by molar-refractivity contribution is -0.147. The summed E-state index contributed by atoms with van der Waals surface area (Å²) < 4.78 is 0. The minimum Gasteiger partial charge on any atom is -0.332 e. The number of likely N-dealkylation sites (tertiary alicyclic amines) is 1. The quantitative estimate of drug-likeness (QED) is 0.472. The van der Waals surface area contributed by atoms with Crippen molar-refractivity contribution in [3.05, 3.63) is 69.7 Å². The molecule has 0 bridgehead atoms. The zero-order valence-electron chi connectivity index (χ0n) is 17.2. The number of rotatable bonds is 6. The van der Waals surface area contributed by atoms with Crippen LogP contribution in [0.25, 0.3) is 0 Å². The first-order valence-corrected chi connectivity index (χ1v) is 11.6. The highest BCUT2D eigenvalue weighted by Crippen LogP contribution is 2.50. The summed E-state index contributed by atoms with van der Waals surface area (Å²) in [5, 5.41) is 1.48. The van der Waals surface area contributed by atoms with Crippen LogP contribution in [0.15, 0.2) is 48.5 Å². The lowest BCUT2D eigenvalue weighted by atomic mass is 9.75. The second kappa shape index (κ2) is 8.70. The molecular weight excluding hydrogens is 401 g/mol. The predicted molar refractivity (Wildman–Crippen MR) is 120 cm³/mol. The van der Waals surface area contributed by atoms with E-state index in [1.807, 2.05) is 24.3 Å². The maximum atomic E-state index is 13.5. The van der Waals surface area contributed by atoms with E-state index in [0.717, 1.165) is 29.3 Å². The minimum atomic E-state index is 0.0145. The summed E-state index contributed by atoms with van der Waals surface area (Å²) >= 11 is 12.5. The predicted octanol–water partition coefficient (Wildman–Crippen LogP) is 7.27. The average molecular weight is 430 g/mol. The van der Waals surface area contributed by atoms with E-state index in [1.165, 1.54) is 24.0 Å². The number of piperidine rings is 1. The van der Waals surface area contributed by atoms with Crippen molar-refractivity contribution in [3.63, 3.8) is 0 Å². The van der Waals surface area contributed by atoms with Gasteiger partial charge in [0, 0.05) is 27.9 Å². The van der Waals surface area contributed by atoms with Gasteiger partial charge in [0.2, 0.25) is 5.91 Å². The third-order valence-corrected chi connectivity index (χ3v) is 7.05. The lowest BCUT2D eigenvalue weighted by Gasteiger charge is -2.48. The molecule has 0 radical (unpaired) electrons. The monoisotopic (exact) mass is 429 g/mol. The van der Waals surface area contributed by atoms with Gasteiger partial charge in [-0.25, -0.2) is 0 Å². The van der Waals surface area contributed by atoms with Crippen LogP contribution in [0.2, 0.25) is 10.0 Å². The van der Waals surface area contributed by atoms with Crippen molar-refractivity contribution in [3.8, 4) is 0 Å². The summed E-state index contributed by atoms with van der Waals surface area (Å²) in [6.45, 7) is 4.31. The first kappa shape index (κ1) is 20.8. The standard InChI is InChI=1S/C25H29Cl2NO/c1-3-5-23(17-8-9-17)28-24(18-10-12-20(26)13-11-18)22(14-16(2)25(28)29)19-6-4-7-21(27)15-19/h4,6-7,10-13,15-17,22-24H,3,5,8-9,14H2,1-2H3/t16?,22-,23?,24-/m1/s1. The third kappa shape index (κ3) is 4.34. The van der Waals surface area contributed by atoms with Crippen LogP contribution in [0.5, 0.6) is 0 Å². The Morgan fingerprint density at radius 1 is 1.03 bits per heavy atom. The summed E-state index contributed by atoms with van der Waals surface area (Å²) in [7, 11) is 0. The molecule has 2 aromatic rings. The van der Waals surface area contributed by atoms with Crippen LogP contribution in [0, 0.1) is 11.8 Å². The van der Waals surface area contributed by atoms with E-state index in [0.29, 0.717) is 17.9 Å². The zero-order valence-corrected chi connectivity index (χ0v) is 18.7. The van der Waals surface area contributed by atoms with Crippen LogP contribution in [0.4, 0.5) is 0 Å². The molecule has 2 aliphatic rings. The van der Waals surface area contributed by atoms with Crippen molar-refractivity contribution in [1.29, 1.82) is 0 Å². The molecule has 4 rings (SSSR count). The van der Waals surface area contributed by atoms with E-state index in [4.69, 9.17) is 23.2 Å². The molecule has 1 aliphatic carbocycles. The van der Waals surface area contributed by atoms with Crippen molar-refractivity contribution < 1.29 is 4.79 Å². The Labute approximate surface area is 184 Å². The fourth-order valence-corrected chi connectivity index (χ4v) is 5.38. The van der Waals surface area contributed by atoms with Crippen LogP contribution in [0.3, 0.4) is 0 Å². The number of hydrogen-bond donors (Lipinski definition) is 0. The number of carbonyl (C=O) groups excluding carboxylic acids is 1. The molecule has 4 atom stereocenters. The second-order valence-corrected chi connectivity index (χ2v) is 9.61. The normalized spacial score (nSPS) is 25.9. The van der Waals surface area contributed by atoms with E-state index in [2.05, 4.69) is 43.0 Å². The Kier molecular flexibility index (Phi) is 6.22. The Morgan fingerprint density at radius 3 is 2.38 bits per heavy atom. The van der Waals surface area contributed by atoms with Gasteiger partial charge in [-0.15, -0.1) is 0 Å². The smallest absolute Gasteiger partial charge is 0.226 e. The van der Waals surface area contributed by atoms with Gasteiger partial charge in [-0.05, 0) is 67.0 Å². The fourth-order valence-electron chi connectivity index (χ4n) is 5.05. The van der Waals surface area contributed by atoms with Gasteiger partial charge in [0.25, 0.3) is 0 Å². The van der Waals surface area contributed by atoms with Crippen LogP contribution in [-0.2, 0) is 4.79 Å². The lowest BCUT2D eigenvalue weighted by Crippen LogP contribution is -2.51. The SMILES string of the molecule is CCCC(C1CC1)N1C(=O)C(C)C[C@H](c2cccc(Cl)c2)[C@H]1c1ccc(Cl)cc1. The van der Waals surface area contributed by atoms with Crippen LogP contribution in [-0.4, -0.2) is 16.8 Å². The van der Waals surface area contributed by atoms with Gasteiger partial charge in [0.1, 0.15) is 0 Å². The summed E-state index contributed by atoms with van der Waals surface area (Å²) in [4.78, 5) is 15.8. The van der Waals surface area contributed by atoms with Gasteiger partial charge in [-0.3, -0.25) is 4.79 Å². The molecule has 154 valence electrons. The van der Waals surface area contributed by atoms with Gasteiger partial charge in [0.15, 0.2) is 0 Å². The Hall–Kier alpha value is -1.51. The van der Waals surface area contributed by atoms with E-state index in [1.54, 1.807) is 0 Å². The highest BCUT2D eigenvalue weighted by molar-refractivity contribution is 6.30. The number of carbonyl (C=O) groups is 1. The number of hydrogen-bond acceptors (Lipinski definition) is 1. The summed E-state index contributed by atoms with van der Waals surface area (Å²) in [5.74, 6) is 1.17. The van der Waals surface area contributed by atoms with Gasteiger partial charge >= 0.3 is 0 Å². The van der Waals surface area contributed by atoms with Gasteiger partial charge in [-0.1, -0.05) is 67.7 Å². The van der Waals surface area contributed by atoms with Crippen LogP contribution >= 0.6 is 23.2 Å². The third-order valence-electron chi connectivity index (χ3n) is 6.56. The van der Waals surface area contributed by atoms with Gasteiger partial charge < -0.3 is 4.90 Å². The van der Waals surface area contributed by atoms with E-state index >= 15 is 0 Å². The van der Waals surface area contributed by atoms with E-state index in [9.17, 15) is 4.79 Å². The van der Waals surface area contributed by atoms with E-state index < -0.39 is 0 Å². The molecule has 1 amide bonds. The first-order chi connectivity index (χ1) is 14.0. The molecule has 2 aromatic carbocycles. The van der Waals surface area contributed by atoms with Crippen molar-refractivity contribution in [2.75, 3.05) is 0 Å². The van der Waals surface area contributed by atoms with E-state index in [-0.39, 0.29) is 17.9 Å². The number of amides is 1. The number of nitrogens with zero attached hydrogens (tertiary/aromatic N) is 1. The molecular formula is C25H29Cl2NO. The van der Waals surface area contributed by atoms with Gasteiger partial charge in [0.05, 0.1) is 6.04 Å². The molecule has 1 heterocycles. The summed E-state index contributed by atoms with van der Waals surface area (Å²) in [5.41, 5.74) is 2.38. The number of halogens is 2. The molecule has 2 fully saturated rings. The maximum absolute atomic E-state index is 13.5. The number of benzene rings is 2. The maximum Gasteiger partial charge on any atom is 0.226 e. The van der Waals surface area contributed by atoms with Crippen molar-refractivity contribution in [1.82, 2.24) is 4.90 Å². The molecule has 0 N–H and O–H groups in total. The Bertz CT molecular complexity index is 861. The molecule has 2 unspecified atom stereocenters. The second-order valence-electron chi connectivity index (χ2n) is 8.73. The highest BCUT2D eigenvalue weighted by Gasteiger charge is 2.47. The zero-order chi connectivity index (χ0) is 20.5. The summed E-state index contributed by atoms with van der Waals surface area (Å²) in [6.07, 6.45) is 5.46. The summed E-state index contributed by atoms with van der Waals surface area (Å²) in [6, 6.07) is 16.6. The Balaban J connectivity index is 1.82. The average Bonchev–Trinajstić information content (AvgIpc) is 3.54. The van der Waals surface area contributed by atoms with Gasteiger partial charge in [-0.2, -0.15) is 0 Å². The van der Waals surface area contributed by atoms with Crippen LogP contribution in [0.1, 0.15) is 69.0 Å². The molecule has 4 heteroatoms. The molecule has 1 saturated heterocycles. The Morgan fingerprint density at radius 2 is 1.76 bits per heavy atom. The molecule has 0 aromatic heterocycles. The highest BCUT2D eigenvalue weighted by atomic mass is 35.5. The minimum absolute atomic E-state index is 0.0145. The largest absolute Gasteiger partial charge is 0.332 e. The van der Waals surface area contributed by atoms with Crippen molar-refractivity contribution in [2.24, 2.45) is 11.8 Å². The topological polar surface area (TPSA) is 20.3 Å². The first-order valence-electron chi connectivity index (χ1n) is 10.8. The molecule has 2 nitrogen and oxygen atoms in total. The fraction of sp³-hybridized carbons (Fsp3) is 0.480. The van der Waals surface area contributed by atoms with Crippen LogP contribution < -0.4 is 0 Å². The van der Waals surface area contributed by atoms with Crippen molar-refractivity contribution in [2.45, 2.75) is 64.0 Å².